The minimum atomic E-state index is -0.441. The van der Waals surface area contributed by atoms with Gasteiger partial charge in [0.25, 0.3) is 0 Å². The third kappa shape index (κ3) is 5.12. The predicted molar refractivity (Wildman–Crippen MR) is 232 cm³/mol. The Morgan fingerprint density at radius 3 is 1.33 bits per heavy atom. The van der Waals surface area contributed by atoms with E-state index in [2.05, 4.69) is 175 Å². The lowest BCUT2D eigenvalue weighted by Gasteiger charge is -2.30. The fourth-order valence-electron chi connectivity index (χ4n) is 9.14. The van der Waals surface area contributed by atoms with Crippen molar-refractivity contribution in [2.24, 2.45) is 0 Å². The molecule has 0 radical (unpaired) electrons. The highest BCUT2D eigenvalue weighted by Gasteiger charge is 2.51. The second-order valence-electron chi connectivity index (χ2n) is 14.8. The smallest absolute Gasteiger partial charge is 0.187 e. The normalized spacial score (nSPS) is 12.7. The van der Waals surface area contributed by atoms with Gasteiger partial charge in [-0.2, -0.15) is 0 Å². The van der Waals surface area contributed by atoms with E-state index < -0.39 is 5.41 Å². The first kappa shape index (κ1) is 32.7. The monoisotopic (exact) mass is 723 g/mol. The zero-order valence-electron chi connectivity index (χ0n) is 30.9. The van der Waals surface area contributed by atoms with E-state index in [1.807, 2.05) is 30.3 Å². The van der Waals surface area contributed by atoms with Gasteiger partial charge in [0.05, 0.1) is 23.4 Å². The summed E-state index contributed by atoms with van der Waals surface area (Å²) in [7, 11) is 0. The molecular weight excluding hydrogens is 691 g/mol. The minimum absolute atomic E-state index is 0.441. The molecule has 0 fully saturated rings. The second-order valence-corrected chi connectivity index (χ2v) is 14.8. The molecule has 0 saturated carbocycles. The Bertz CT molecular complexity index is 3000. The number of benzene rings is 8. The van der Waals surface area contributed by atoms with Crippen LogP contribution in [-0.2, 0) is 5.41 Å². The van der Waals surface area contributed by atoms with E-state index in [1.54, 1.807) is 0 Å². The SMILES string of the molecule is [C-]#[N+]c1ccc2c(c1)-c1cc(-c3ccc(-c4cc(-c5ccc(-c6ccccc6)cc5)nc(-c5ccccc5)n4)cc3)ccc1C21c2ccccc2-c2ccccc21. The Hall–Kier alpha value is -7.67. The van der Waals surface area contributed by atoms with Crippen molar-refractivity contribution in [1.29, 1.82) is 0 Å². The number of hydrogen-bond donors (Lipinski definition) is 0. The third-order valence-corrected chi connectivity index (χ3v) is 11.8. The summed E-state index contributed by atoms with van der Waals surface area (Å²) < 4.78 is 0. The molecule has 0 amide bonds. The first-order chi connectivity index (χ1) is 28.2. The van der Waals surface area contributed by atoms with Gasteiger partial charge in [-0.15, -0.1) is 0 Å². The van der Waals surface area contributed by atoms with Crippen molar-refractivity contribution < 1.29 is 0 Å². The summed E-state index contributed by atoms with van der Waals surface area (Å²) in [5.74, 6) is 0.694. The summed E-state index contributed by atoms with van der Waals surface area (Å²) >= 11 is 0. The molecule has 1 aromatic heterocycles. The molecule has 0 N–H and O–H groups in total. The van der Waals surface area contributed by atoms with Crippen LogP contribution >= 0.6 is 0 Å². The highest BCUT2D eigenvalue weighted by molar-refractivity contribution is 5.97. The van der Waals surface area contributed by atoms with Crippen molar-refractivity contribution in [2.75, 3.05) is 0 Å². The molecule has 3 heteroatoms. The Morgan fingerprint density at radius 1 is 0.333 bits per heavy atom. The van der Waals surface area contributed by atoms with Crippen molar-refractivity contribution in [3.63, 3.8) is 0 Å². The van der Waals surface area contributed by atoms with Crippen LogP contribution in [0.4, 0.5) is 5.69 Å². The predicted octanol–water partition coefficient (Wildman–Crippen LogP) is 13.7. The highest BCUT2D eigenvalue weighted by atomic mass is 14.9. The summed E-state index contributed by atoms with van der Waals surface area (Å²) in [5.41, 5.74) is 19.5. The third-order valence-electron chi connectivity index (χ3n) is 11.8. The molecule has 1 heterocycles. The number of fused-ring (bicyclic) bond motifs is 10. The van der Waals surface area contributed by atoms with Crippen LogP contribution in [0, 0.1) is 6.57 Å². The molecule has 8 aromatic carbocycles. The maximum Gasteiger partial charge on any atom is 0.187 e. The molecule has 0 bridgehead atoms. The first-order valence-corrected chi connectivity index (χ1v) is 19.3. The molecule has 0 aliphatic heterocycles. The standard InChI is InChI=1S/C54H33N3/c1-55-42-29-31-50-46(33-42)45-32-41(28-30-49(45)54(50)47-18-10-8-16-43(47)44-17-9-11-19-48(44)54)37-22-26-39(27-23-37)52-34-51(56-53(57-52)40-14-6-3-7-15-40)38-24-20-36(21-25-38)35-12-4-2-5-13-35/h2-34H. The molecule has 264 valence electrons. The number of rotatable bonds is 5. The van der Waals surface area contributed by atoms with Crippen LogP contribution in [0.3, 0.4) is 0 Å². The zero-order valence-corrected chi connectivity index (χ0v) is 30.9. The molecular formula is C54H33N3. The van der Waals surface area contributed by atoms with E-state index in [0.717, 1.165) is 44.8 Å². The second kappa shape index (κ2) is 13.0. The Labute approximate surface area is 332 Å². The maximum atomic E-state index is 7.87. The van der Waals surface area contributed by atoms with Gasteiger partial charge in [0.2, 0.25) is 0 Å². The molecule has 2 aliphatic carbocycles. The van der Waals surface area contributed by atoms with E-state index >= 15 is 0 Å². The molecule has 1 spiro atoms. The largest absolute Gasteiger partial charge is 0.238 e. The van der Waals surface area contributed by atoms with E-state index in [-0.39, 0.29) is 0 Å². The first-order valence-electron chi connectivity index (χ1n) is 19.3. The number of hydrogen-bond acceptors (Lipinski definition) is 2. The molecule has 11 rings (SSSR count). The van der Waals surface area contributed by atoms with Gasteiger partial charge >= 0.3 is 0 Å². The summed E-state index contributed by atoms with van der Waals surface area (Å²) in [6.07, 6.45) is 0. The molecule has 0 saturated heterocycles. The van der Waals surface area contributed by atoms with Crippen LogP contribution in [0.1, 0.15) is 22.3 Å². The summed E-state index contributed by atoms with van der Waals surface area (Å²) in [6, 6.07) is 70.8. The van der Waals surface area contributed by atoms with Crippen LogP contribution in [-0.4, -0.2) is 9.97 Å². The fraction of sp³-hybridized carbons (Fsp3) is 0.0185. The van der Waals surface area contributed by atoms with Gasteiger partial charge in [0, 0.05) is 16.7 Å². The van der Waals surface area contributed by atoms with Crippen molar-refractivity contribution in [2.45, 2.75) is 5.41 Å². The van der Waals surface area contributed by atoms with Crippen molar-refractivity contribution in [1.82, 2.24) is 9.97 Å². The lowest BCUT2D eigenvalue weighted by atomic mass is 9.70. The summed E-state index contributed by atoms with van der Waals surface area (Å²) in [5, 5.41) is 0. The lowest BCUT2D eigenvalue weighted by Crippen LogP contribution is -2.25. The lowest BCUT2D eigenvalue weighted by molar-refractivity contribution is 0.794. The Morgan fingerprint density at radius 2 is 0.754 bits per heavy atom. The van der Waals surface area contributed by atoms with Gasteiger partial charge in [0.15, 0.2) is 11.5 Å². The quantitative estimate of drug-likeness (QED) is 0.166. The van der Waals surface area contributed by atoms with E-state index in [0.29, 0.717) is 11.5 Å². The fourth-order valence-corrected chi connectivity index (χ4v) is 9.14. The summed E-state index contributed by atoms with van der Waals surface area (Å²) in [6.45, 7) is 7.87. The average Bonchev–Trinajstić information content (AvgIpc) is 3.76. The number of aromatic nitrogens is 2. The van der Waals surface area contributed by atoms with Gasteiger partial charge in [-0.25, -0.2) is 14.8 Å². The van der Waals surface area contributed by atoms with Crippen LogP contribution in [0.5, 0.6) is 0 Å². The van der Waals surface area contributed by atoms with Crippen molar-refractivity contribution in [3.05, 3.63) is 234 Å². The Balaban J connectivity index is 1.00. The highest BCUT2D eigenvalue weighted by Crippen LogP contribution is 2.63. The minimum Gasteiger partial charge on any atom is -0.238 e. The van der Waals surface area contributed by atoms with E-state index in [4.69, 9.17) is 16.5 Å². The molecule has 0 unspecified atom stereocenters. The van der Waals surface area contributed by atoms with Crippen molar-refractivity contribution in [3.8, 4) is 78.4 Å². The maximum absolute atomic E-state index is 7.87. The molecule has 0 atom stereocenters. The van der Waals surface area contributed by atoms with Gasteiger partial charge in [-0.3, -0.25) is 0 Å². The van der Waals surface area contributed by atoms with Crippen LogP contribution in [0.2, 0.25) is 0 Å². The number of nitrogens with zero attached hydrogens (tertiary/aromatic N) is 3. The van der Waals surface area contributed by atoms with E-state index in [9.17, 15) is 0 Å². The van der Waals surface area contributed by atoms with E-state index in [1.165, 1.54) is 50.1 Å². The molecule has 57 heavy (non-hydrogen) atoms. The van der Waals surface area contributed by atoms with Crippen LogP contribution in [0.15, 0.2) is 200 Å². The van der Waals surface area contributed by atoms with Gasteiger partial charge < -0.3 is 0 Å². The molecule has 3 nitrogen and oxygen atoms in total. The molecule has 2 aliphatic rings. The average molecular weight is 724 g/mol. The Kier molecular flexibility index (Phi) is 7.45. The summed E-state index contributed by atoms with van der Waals surface area (Å²) in [4.78, 5) is 14.0. The van der Waals surface area contributed by atoms with Gasteiger partial charge in [0.1, 0.15) is 0 Å². The molecule has 9 aromatic rings. The van der Waals surface area contributed by atoms with Crippen LogP contribution in [0.25, 0.3) is 83.3 Å². The zero-order chi connectivity index (χ0) is 37.9. The van der Waals surface area contributed by atoms with Crippen LogP contribution < -0.4 is 0 Å². The van der Waals surface area contributed by atoms with Gasteiger partial charge in [-0.1, -0.05) is 182 Å². The van der Waals surface area contributed by atoms with Gasteiger partial charge in [-0.05, 0) is 85.0 Å². The topological polar surface area (TPSA) is 30.1 Å². The van der Waals surface area contributed by atoms with Crippen molar-refractivity contribution >= 4 is 5.69 Å².